The van der Waals surface area contributed by atoms with Gasteiger partial charge < -0.3 is 21.5 Å². The number of nitrogen functional groups attached to an aromatic ring is 1. The molecule has 0 bridgehead atoms. The van der Waals surface area contributed by atoms with Crippen LogP contribution in [0.3, 0.4) is 0 Å². The van der Waals surface area contributed by atoms with Gasteiger partial charge in [0, 0.05) is 29.1 Å². The average Bonchev–Trinajstić information content (AvgIpc) is 3.20. The molecule has 0 aliphatic carbocycles. The lowest BCUT2D eigenvalue weighted by Crippen LogP contribution is -2.37. The lowest BCUT2D eigenvalue weighted by Gasteiger charge is -2.17. The summed E-state index contributed by atoms with van der Waals surface area (Å²) in [5.41, 5.74) is 6.63. The van der Waals surface area contributed by atoms with Crippen LogP contribution in [-0.2, 0) is 4.79 Å². The van der Waals surface area contributed by atoms with Gasteiger partial charge >= 0.3 is 5.97 Å². The number of nitrogens with zero attached hydrogens (tertiary/aromatic N) is 2. The summed E-state index contributed by atoms with van der Waals surface area (Å²) >= 11 is 1.37. The van der Waals surface area contributed by atoms with Gasteiger partial charge in [-0.1, -0.05) is 6.92 Å². The van der Waals surface area contributed by atoms with Crippen LogP contribution in [0.2, 0.25) is 0 Å². The molecule has 0 spiro atoms. The Labute approximate surface area is 148 Å². The van der Waals surface area contributed by atoms with E-state index in [9.17, 15) is 9.59 Å². The fraction of sp³-hybridized carbons (Fsp3) is 0.375. The first-order chi connectivity index (χ1) is 11.9. The molecule has 1 amide bonds. The van der Waals surface area contributed by atoms with E-state index in [1.807, 2.05) is 6.07 Å². The van der Waals surface area contributed by atoms with Crippen molar-refractivity contribution in [3.63, 3.8) is 0 Å². The molecule has 2 unspecified atom stereocenters. The van der Waals surface area contributed by atoms with Crippen LogP contribution in [0.1, 0.15) is 45.8 Å². The van der Waals surface area contributed by atoms with Crippen molar-refractivity contribution < 1.29 is 14.7 Å². The standard InChI is InChI=1S/C16H19N5O3S/c1-7(9-5-18-13-10(9)6-19-16(17)21-13)11-3-4-12(25-11)14(22)20-8(2)15(23)24/h3-4,6-9H,5H2,1-2H3,(H,20,22)(H,23,24)(H3,17,18,19,21)/t7?,8-,9?/m0/s1. The van der Waals surface area contributed by atoms with Crippen molar-refractivity contribution in [2.75, 3.05) is 17.6 Å². The average molecular weight is 361 g/mol. The van der Waals surface area contributed by atoms with Gasteiger partial charge in [-0.3, -0.25) is 9.59 Å². The van der Waals surface area contributed by atoms with Crippen molar-refractivity contribution in [2.45, 2.75) is 31.7 Å². The predicted molar refractivity (Wildman–Crippen MR) is 95.0 cm³/mol. The molecule has 25 heavy (non-hydrogen) atoms. The Balaban J connectivity index is 1.75. The molecule has 2 aromatic rings. The van der Waals surface area contributed by atoms with Crippen molar-refractivity contribution in [1.82, 2.24) is 15.3 Å². The van der Waals surface area contributed by atoms with E-state index in [-0.39, 0.29) is 23.7 Å². The summed E-state index contributed by atoms with van der Waals surface area (Å²) in [5, 5.41) is 14.6. The van der Waals surface area contributed by atoms with E-state index in [1.54, 1.807) is 12.3 Å². The molecule has 5 N–H and O–H groups in total. The maximum absolute atomic E-state index is 12.1. The molecule has 3 heterocycles. The number of nitrogens with one attached hydrogen (secondary N) is 2. The zero-order chi connectivity index (χ0) is 18.1. The van der Waals surface area contributed by atoms with Gasteiger partial charge in [-0.25, -0.2) is 4.98 Å². The van der Waals surface area contributed by atoms with E-state index >= 15 is 0 Å². The number of hydrogen-bond donors (Lipinski definition) is 4. The molecule has 9 heteroatoms. The smallest absolute Gasteiger partial charge is 0.325 e. The molecule has 0 radical (unpaired) electrons. The van der Waals surface area contributed by atoms with Crippen LogP contribution >= 0.6 is 11.3 Å². The van der Waals surface area contributed by atoms with E-state index in [1.165, 1.54) is 18.3 Å². The van der Waals surface area contributed by atoms with Gasteiger partial charge in [-0.05, 0) is 25.0 Å². The molecule has 1 aliphatic heterocycles. The number of carboxylic acids is 1. The topological polar surface area (TPSA) is 130 Å². The Bertz CT molecular complexity index is 822. The number of rotatable bonds is 5. The molecule has 3 rings (SSSR count). The van der Waals surface area contributed by atoms with Crippen LogP contribution in [0.5, 0.6) is 0 Å². The van der Waals surface area contributed by atoms with Gasteiger partial charge in [-0.2, -0.15) is 4.98 Å². The normalized spacial score (nSPS) is 18.1. The van der Waals surface area contributed by atoms with Gasteiger partial charge in [0.15, 0.2) is 0 Å². The summed E-state index contributed by atoms with van der Waals surface area (Å²) in [6.07, 6.45) is 1.74. The number of carboxylic acid groups (broad SMARTS) is 1. The highest BCUT2D eigenvalue weighted by Gasteiger charge is 2.31. The second-order valence-electron chi connectivity index (χ2n) is 6.04. The molecule has 3 atom stereocenters. The minimum Gasteiger partial charge on any atom is -0.480 e. The Kier molecular flexibility index (Phi) is 4.58. The molecular formula is C16H19N5O3S. The number of aliphatic carboxylic acids is 1. The quantitative estimate of drug-likeness (QED) is 0.637. The summed E-state index contributed by atoms with van der Waals surface area (Å²) in [6, 6.07) is 2.71. The number of amides is 1. The third kappa shape index (κ3) is 3.41. The fourth-order valence-corrected chi connectivity index (χ4v) is 3.86. The lowest BCUT2D eigenvalue weighted by atomic mass is 9.89. The third-order valence-electron chi connectivity index (χ3n) is 4.35. The maximum atomic E-state index is 12.1. The van der Waals surface area contributed by atoms with Crippen molar-refractivity contribution in [2.24, 2.45) is 0 Å². The van der Waals surface area contributed by atoms with E-state index in [0.29, 0.717) is 4.88 Å². The summed E-state index contributed by atoms with van der Waals surface area (Å²) in [7, 11) is 0. The van der Waals surface area contributed by atoms with Gasteiger partial charge in [-0.15, -0.1) is 11.3 Å². The first-order valence-electron chi connectivity index (χ1n) is 7.86. The predicted octanol–water partition coefficient (Wildman–Crippen LogP) is 1.64. The maximum Gasteiger partial charge on any atom is 0.325 e. The molecule has 0 fully saturated rings. The Morgan fingerprint density at radius 2 is 2.20 bits per heavy atom. The van der Waals surface area contributed by atoms with Crippen LogP contribution in [0, 0.1) is 0 Å². The Morgan fingerprint density at radius 1 is 1.44 bits per heavy atom. The second kappa shape index (κ2) is 6.67. The zero-order valence-corrected chi connectivity index (χ0v) is 14.6. The zero-order valence-electron chi connectivity index (χ0n) is 13.8. The molecule has 0 saturated carbocycles. The second-order valence-corrected chi connectivity index (χ2v) is 7.16. The molecular weight excluding hydrogens is 342 g/mol. The summed E-state index contributed by atoms with van der Waals surface area (Å²) in [5.74, 6) is -0.102. The van der Waals surface area contributed by atoms with Crippen LogP contribution in [0.4, 0.5) is 11.8 Å². The molecule has 132 valence electrons. The van der Waals surface area contributed by atoms with Gasteiger partial charge in [0.05, 0.1) is 4.88 Å². The molecule has 1 aliphatic rings. The lowest BCUT2D eigenvalue weighted by molar-refractivity contribution is -0.138. The van der Waals surface area contributed by atoms with Gasteiger partial charge in [0.25, 0.3) is 5.91 Å². The molecule has 8 nitrogen and oxygen atoms in total. The third-order valence-corrected chi connectivity index (χ3v) is 5.63. The first-order valence-corrected chi connectivity index (χ1v) is 8.68. The van der Waals surface area contributed by atoms with Crippen molar-refractivity contribution >= 4 is 35.0 Å². The monoisotopic (exact) mass is 361 g/mol. The number of hydrogen-bond acceptors (Lipinski definition) is 7. The summed E-state index contributed by atoms with van der Waals surface area (Å²) in [6.45, 7) is 4.25. The van der Waals surface area contributed by atoms with Crippen LogP contribution in [0.25, 0.3) is 0 Å². The van der Waals surface area contributed by atoms with Crippen LogP contribution in [0.15, 0.2) is 18.3 Å². The minimum atomic E-state index is -1.06. The number of anilines is 2. The highest BCUT2D eigenvalue weighted by molar-refractivity contribution is 7.14. The Hall–Kier alpha value is -2.68. The summed E-state index contributed by atoms with van der Waals surface area (Å²) < 4.78 is 0. The van der Waals surface area contributed by atoms with Crippen LogP contribution in [-0.4, -0.2) is 39.5 Å². The van der Waals surface area contributed by atoms with E-state index < -0.39 is 12.0 Å². The minimum absolute atomic E-state index is 0.157. The SMILES string of the molecule is CC(c1ccc(C(=O)N[C@@H](C)C(=O)O)s1)C1CNc2nc(N)ncc21. The highest BCUT2D eigenvalue weighted by Crippen LogP contribution is 2.41. The largest absolute Gasteiger partial charge is 0.480 e. The fourth-order valence-electron chi connectivity index (χ4n) is 2.83. The van der Waals surface area contributed by atoms with E-state index in [4.69, 9.17) is 10.8 Å². The first kappa shape index (κ1) is 17.2. The van der Waals surface area contributed by atoms with Crippen molar-refractivity contribution in [1.29, 1.82) is 0 Å². The number of nitrogens with two attached hydrogens (primary N) is 1. The number of thiophene rings is 1. The van der Waals surface area contributed by atoms with Gasteiger partial charge in [0.1, 0.15) is 11.9 Å². The number of aromatic nitrogens is 2. The number of fused-ring (bicyclic) bond motifs is 1. The Morgan fingerprint density at radius 3 is 2.92 bits per heavy atom. The highest BCUT2D eigenvalue weighted by atomic mass is 32.1. The van der Waals surface area contributed by atoms with E-state index in [2.05, 4.69) is 27.5 Å². The number of carbonyl (C=O) groups excluding carboxylic acids is 1. The molecule has 0 saturated heterocycles. The van der Waals surface area contributed by atoms with E-state index in [0.717, 1.165) is 22.8 Å². The molecule has 0 aromatic carbocycles. The van der Waals surface area contributed by atoms with Gasteiger partial charge in [0.2, 0.25) is 5.95 Å². The number of carbonyl (C=O) groups is 2. The van der Waals surface area contributed by atoms with Crippen LogP contribution < -0.4 is 16.4 Å². The molecule has 2 aromatic heterocycles. The summed E-state index contributed by atoms with van der Waals surface area (Å²) in [4.78, 5) is 32.8. The van der Waals surface area contributed by atoms with Crippen molar-refractivity contribution in [3.8, 4) is 0 Å². The van der Waals surface area contributed by atoms with Crippen molar-refractivity contribution in [3.05, 3.63) is 33.6 Å².